The van der Waals surface area contributed by atoms with Gasteiger partial charge in [-0.1, -0.05) is 30.3 Å². The van der Waals surface area contributed by atoms with Crippen LogP contribution in [0.15, 0.2) is 42.9 Å². The molecule has 0 fully saturated rings. The van der Waals surface area contributed by atoms with Gasteiger partial charge in [0.05, 0.1) is 24.0 Å². The molecule has 0 aliphatic carbocycles. The molecule has 1 heterocycles. The van der Waals surface area contributed by atoms with Crippen LogP contribution in [-0.4, -0.2) is 27.8 Å². The number of carbonyl (C=O) groups excluding carboxylic acids is 2. The minimum absolute atomic E-state index is 0.0846. The zero-order valence-electron chi connectivity index (χ0n) is 15.2. The summed E-state index contributed by atoms with van der Waals surface area (Å²) in [6.45, 7) is 8.70. The van der Waals surface area contributed by atoms with Crippen LogP contribution in [0.5, 0.6) is 0 Å². The van der Waals surface area contributed by atoms with Crippen LogP contribution in [0.2, 0.25) is 0 Å². The molecule has 134 valence electrons. The maximum Gasteiger partial charge on any atom is 0.359 e. The van der Waals surface area contributed by atoms with Gasteiger partial charge in [0.1, 0.15) is 5.69 Å². The molecule has 0 bridgehead atoms. The van der Waals surface area contributed by atoms with E-state index in [-0.39, 0.29) is 6.04 Å². The highest BCUT2D eigenvalue weighted by Crippen LogP contribution is 2.21. The Bertz CT molecular complexity index is 731. The summed E-state index contributed by atoms with van der Waals surface area (Å²) in [5.74, 6) is -1.02. The van der Waals surface area contributed by atoms with Crippen molar-refractivity contribution >= 4 is 11.9 Å². The molecule has 0 radical (unpaired) electrons. The van der Waals surface area contributed by atoms with Crippen molar-refractivity contribution in [3.63, 3.8) is 0 Å². The molecular formula is C19H24N2O4. The number of hydrogen-bond acceptors (Lipinski definition) is 5. The lowest BCUT2D eigenvalue weighted by Gasteiger charge is -2.21. The number of esters is 2. The van der Waals surface area contributed by atoms with Gasteiger partial charge in [-0.05, 0) is 33.3 Å². The van der Waals surface area contributed by atoms with Crippen LogP contribution in [0.1, 0.15) is 56.7 Å². The van der Waals surface area contributed by atoms with Gasteiger partial charge < -0.3 is 14.0 Å². The number of aromatic nitrogens is 2. The van der Waals surface area contributed by atoms with Crippen molar-refractivity contribution in [1.29, 1.82) is 0 Å². The number of benzene rings is 1. The van der Waals surface area contributed by atoms with Crippen LogP contribution in [0.25, 0.3) is 0 Å². The molecule has 1 aromatic heterocycles. The van der Waals surface area contributed by atoms with Crippen LogP contribution in [-0.2, 0) is 14.3 Å². The third kappa shape index (κ3) is 4.68. The molecule has 2 unspecified atom stereocenters. The molecule has 2 rings (SSSR count). The lowest BCUT2D eigenvalue weighted by Crippen LogP contribution is -2.30. The van der Waals surface area contributed by atoms with Crippen molar-refractivity contribution in [3.8, 4) is 0 Å². The highest BCUT2D eigenvalue weighted by Gasteiger charge is 2.27. The highest BCUT2D eigenvalue weighted by atomic mass is 16.7. The van der Waals surface area contributed by atoms with Crippen molar-refractivity contribution in [2.75, 3.05) is 0 Å². The molecule has 2 aromatic rings. The number of ether oxygens (including phenoxy) is 2. The van der Waals surface area contributed by atoms with Crippen LogP contribution in [0, 0.1) is 5.41 Å². The monoisotopic (exact) mass is 344 g/mol. The van der Waals surface area contributed by atoms with Gasteiger partial charge in [-0.25, -0.2) is 9.78 Å². The first-order chi connectivity index (χ1) is 11.7. The van der Waals surface area contributed by atoms with Gasteiger partial charge in [-0.3, -0.25) is 4.79 Å². The second-order valence-electron chi connectivity index (χ2n) is 6.90. The van der Waals surface area contributed by atoms with Gasteiger partial charge >= 0.3 is 11.9 Å². The van der Waals surface area contributed by atoms with E-state index in [2.05, 4.69) is 4.98 Å². The Morgan fingerprint density at radius 2 is 1.72 bits per heavy atom. The molecule has 0 aliphatic rings. The van der Waals surface area contributed by atoms with Crippen molar-refractivity contribution in [2.45, 2.75) is 47.0 Å². The topological polar surface area (TPSA) is 70.4 Å². The smallest absolute Gasteiger partial charge is 0.359 e. The van der Waals surface area contributed by atoms with E-state index in [1.54, 1.807) is 31.7 Å². The van der Waals surface area contributed by atoms with E-state index in [9.17, 15) is 9.59 Å². The van der Waals surface area contributed by atoms with Crippen molar-refractivity contribution in [3.05, 3.63) is 54.1 Å². The molecular weight excluding hydrogens is 320 g/mol. The summed E-state index contributed by atoms with van der Waals surface area (Å²) in [5, 5.41) is 0. The Morgan fingerprint density at radius 1 is 1.08 bits per heavy atom. The van der Waals surface area contributed by atoms with Crippen LogP contribution in [0.3, 0.4) is 0 Å². The molecule has 25 heavy (non-hydrogen) atoms. The maximum atomic E-state index is 12.4. The Morgan fingerprint density at radius 3 is 2.32 bits per heavy atom. The summed E-state index contributed by atoms with van der Waals surface area (Å²) in [6, 6.07) is 9.69. The summed E-state index contributed by atoms with van der Waals surface area (Å²) < 4.78 is 12.1. The van der Waals surface area contributed by atoms with Crippen molar-refractivity contribution < 1.29 is 19.1 Å². The SMILES string of the molecule is CC(OC(=O)c1cncn1C(C)c1ccccc1)OC(=O)C(C)(C)C. The van der Waals surface area contributed by atoms with E-state index in [4.69, 9.17) is 9.47 Å². The Hall–Kier alpha value is -2.63. The van der Waals surface area contributed by atoms with Crippen LogP contribution in [0.4, 0.5) is 0 Å². The number of rotatable bonds is 5. The van der Waals surface area contributed by atoms with E-state index < -0.39 is 23.6 Å². The summed E-state index contributed by atoms with van der Waals surface area (Å²) in [5.41, 5.74) is 0.682. The van der Waals surface area contributed by atoms with E-state index >= 15 is 0 Å². The maximum absolute atomic E-state index is 12.4. The van der Waals surface area contributed by atoms with E-state index in [1.165, 1.54) is 13.1 Å². The van der Waals surface area contributed by atoms with E-state index in [0.717, 1.165) is 5.56 Å². The predicted molar refractivity (Wildman–Crippen MR) is 92.9 cm³/mol. The van der Waals surface area contributed by atoms with Gasteiger partial charge in [0.2, 0.25) is 6.29 Å². The van der Waals surface area contributed by atoms with Gasteiger partial charge in [0, 0.05) is 6.92 Å². The molecule has 0 spiro atoms. The molecule has 0 saturated carbocycles. The fourth-order valence-corrected chi connectivity index (χ4v) is 2.23. The number of hydrogen-bond donors (Lipinski definition) is 0. The molecule has 6 nitrogen and oxygen atoms in total. The lowest BCUT2D eigenvalue weighted by atomic mass is 9.97. The zero-order chi connectivity index (χ0) is 18.6. The summed E-state index contributed by atoms with van der Waals surface area (Å²) in [6.07, 6.45) is 2.05. The molecule has 1 aromatic carbocycles. The molecule has 0 aliphatic heterocycles. The minimum atomic E-state index is -0.977. The summed E-state index contributed by atoms with van der Waals surface area (Å²) in [4.78, 5) is 28.4. The Labute approximate surface area is 147 Å². The van der Waals surface area contributed by atoms with Crippen LogP contribution >= 0.6 is 0 Å². The number of imidazole rings is 1. The van der Waals surface area contributed by atoms with Crippen LogP contribution < -0.4 is 0 Å². The second-order valence-corrected chi connectivity index (χ2v) is 6.90. The third-order valence-electron chi connectivity index (χ3n) is 3.73. The predicted octanol–water partition coefficient (Wildman–Crippen LogP) is 3.58. The van der Waals surface area contributed by atoms with Crippen molar-refractivity contribution in [1.82, 2.24) is 9.55 Å². The molecule has 0 N–H and O–H groups in total. The average molecular weight is 344 g/mol. The molecule has 6 heteroatoms. The van der Waals surface area contributed by atoms with Gasteiger partial charge in [0.25, 0.3) is 0 Å². The first-order valence-electron chi connectivity index (χ1n) is 8.19. The first kappa shape index (κ1) is 18.7. The van der Waals surface area contributed by atoms with Gasteiger partial charge in [-0.2, -0.15) is 0 Å². The highest BCUT2D eigenvalue weighted by molar-refractivity contribution is 5.87. The Kier molecular flexibility index (Phi) is 5.62. The van der Waals surface area contributed by atoms with Gasteiger partial charge in [0.15, 0.2) is 0 Å². The summed E-state index contributed by atoms with van der Waals surface area (Å²) >= 11 is 0. The van der Waals surface area contributed by atoms with E-state index in [0.29, 0.717) is 5.69 Å². The van der Waals surface area contributed by atoms with E-state index in [1.807, 2.05) is 37.3 Å². The molecule has 2 atom stereocenters. The standard InChI is InChI=1S/C19H24N2O4/c1-13(15-9-7-6-8-10-15)21-12-20-11-16(21)17(22)24-14(2)25-18(23)19(3,4)5/h6-14H,1-5H3. The van der Waals surface area contributed by atoms with Gasteiger partial charge in [-0.15, -0.1) is 0 Å². The fourth-order valence-electron chi connectivity index (χ4n) is 2.23. The minimum Gasteiger partial charge on any atom is -0.425 e. The largest absolute Gasteiger partial charge is 0.425 e. The number of nitrogens with zero attached hydrogens (tertiary/aromatic N) is 2. The fraction of sp³-hybridized carbons (Fsp3) is 0.421. The molecule has 0 saturated heterocycles. The normalized spacial score (nSPS) is 13.8. The quantitative estimate of drug-likeness (QED) is 0.612. The summed E-state index contributed by atoms with van der Waals surface area (Å²) in [7, 11) is 0. The Balaban J connectivity index is 2.09. The lowest BCUT2D eigenvalue weighted by molar-refractivity contribution is -0.175. The zero-order valence-corrected chi connectivity index (χ0v) is 15.2. The molecule has 0 amide bonds. The number of carbonyl (C=O) groups is 2. The van der Waals surface area contributed by atoms with Crippen molar-refractivity contribution in [2.24, 2.45) is 5.41 Å². The average Bonchev–Trinajstić information content (AvgIpc) is 3.03. The third-order valence-corrected chi connectivity index (χ3v) is 3.73. The second kappa shape index (κ2) is 7.51. The first-order valence-corrected chi connectivity index (χ1v) is 8.19.